The summed E-state index contributed by atoms with van der Waals surface area (Å²) >= 11 is 0. The number of rotatable bonds is 61. The summed E-state index contributed by atoms with van der Waals surface area (Å²) in [6.07, 6.45) is 89.8. The molecule has 0 heterocycles. The predicted octanol–water partition coefficient (Wildman–Crippen LogP) is 23.2. The second-order valence-corrected chi connectivity index (χ2v) is 22.4. The van der Waals surface area contributed by atoms with E-state index in [9.17, 15) is 14.4 Å². The van der Waals surface area contributed by atoms with Gasteiger partial charge in [0.2, 0.25) is 0 Å². The van der Waals surface area contributed by atoms with Crippen LogP contribution in [0, 0.1) is 0 Å². The van der Waals surface area contributed by atoms with Gasteiger partial charge in [0, 0.05) is 19.3 Å². The maximum absolute atomic E-state index is 12.9. The average molecular weight is 1100 g/mol. The lowest BCUT2D eigenvalue weighted by molar-refractivity contribution is -0.167. The number of esters is 3. The van der Waals surface area contributed by atoms with Crippen LogP contribution in [0.25, 0.3) is 0 Å². The maximum Gasteiger partial charge on any atom is 0.306 e. The van der Waals surface area contributed by atoms with E-state index in [0.717, 1.165) is 128 Å². The van der Waals surface area contributed by atoms with Crippen molar-refractivity contribution in [2.75, 3.05) is 13.2 Å². The van der Waals surface area contributed by atoms with Crippen molar-refractivity contribution in [1.82, 2.24) is 0 Å². The molecule has 6 heteroatoms. The highest BCUT2D eigenvalue weighted by atomic mass is 16.6. The van der Waals surface area contributed by atoms with Crippen LogP contribution >= 0.6 is 0 Å². The van der Waals surface area contributed by atoms with E-state index in [2.05, 4.69) is 118 Å². The number of allylic oxidation sites excluding steroid dienone is 16. The molecule has 0 saturated heterocycles. The van der Waals surface area contributed by atoms with Gasteiger partial charge in [0.05, 0.1) is 0 Å². The van der Waals surface area contributed by atoms with Crippen molar-refractivity contribution in [3.05, 3.63) is 97.2 Å². The minimum absolute atomic E-state index is 0.0856. The first-order chi connectivity index (χ1) is 39.0. The Labute approximate surface area is 489 Å². The first-order valence-corrected chi connectivity index (χ1v) is 33.7. The molecule has 0 fully saturated rings. The van der Waals surface area contributed by atoms with Gasteiger partial charge < -0.3 is 14.2 Å². The van der Waals surface area contributed by atoms with Crippen molar-refractivity contribution >= 4 is 17.9 Å². The number of unbranched alkanes of at least 4 members (excludes halogenated alkanes) is 34. The quantitative estimate of drug-likeness (QED) is 0.0261. The molecule has 1 atom stereocenters. The molecule has 0 N–H and O–H groups in total. The monoisotopic (exact) mass is 1100 g/mol. The fourth-order valence-corrected chi connectivity index (χ4v) is 9.54. The van der Waals surface area contributed by atoms with Crippen LogP contribution < -0.4 is 0 Å². The van der Waals surface area contributed by atoms with Crippen LogP contribution in [-0.2, 0) is 28.6 Å². The Morgan fingerprint density at radius 3 is 0.772 bits per heavy atom. The molecular weight excluding hydrogens is 973 g/mol. The Hall–Kier alpha value is -3.67. The van der Waals surface area contributed by atoms with Crippen LogP contribution in [0.2, 0.25) is 0 Å². The molecule has 0 aromatic rings. The van der Waals surface area contributed by atoms with E-state index in [-0.39, 0.29) is 31.1 Å². The second-order valence-electron chi connectivity index (χ2n) is 22.4. The van der Waals surface area contributed by atoms with Gasteiger partial charge >= 0.3 is 17.9 Å². The summed E-state index contributed by atoms with van der Waals surface area (Å²) in [6, 6.07) is 0. The van der Waals surface area contributed by atoms with Crippen molar-refractivity contribution in [2.24, 2.45) is 0 Å². The molecular formula is C73H126O6. The number of hydrogen-bond acceptors (Lipinski definition) is 6. The molecule has 79 heavy (non-hydrogen) atoms. The van der Waals surface area contributed by atoms with Gasteiger partial charge in [0.15, 0.2) is 6.10 Å². The largest absolute Gasteiger partial charge is 0.462 e. The van der Waals surface area contributed by atoms with Crippen molar-refractivity contribution in [3.8, 4) is 0 Å². The smallest absolute Gasteiger partial charge is 0.306 e. The normalized spacial score (nSPS) is 12.7. The van der Waals surface area contributed by atoms with Gasteiger partial charge in [-0.3, -0.25) is 14.4 Å². The maximum atomic E-state index is 12.9. The molecule has 0 saturated carbocycles. The number of carbonyl (C=O) groups excluding carboxylic acids is 3. The van der Waals surface area contributed by atoms with Gasteiger partial charge in [-0.25, -0.2) is 0 Å². The van der Waals surface area contributed by atoms with Crippen molar-refractivity contribution in [1.29, 1.82) is 0 Å². The third-order valence-electron chi connectivity index (χ3n) is 14.6. The molecule has 6 nitrogen and oxygen atoms in total. The zero-order chi connectivity index (χ0) is 57.1. The zero-order valence-electron chi connectivity index (χ0n) is 52.1. The van der Waals surface area contributed by atoms with Crippen LogP contribution in [0.3, 0.4) is 0 Å². The van der Waals surface area contributed by atoms with Crippen LogP contribution in [0.5, 0.6) is 0 Å². The average Bonchev–Trinajstić information content (AvgIpc) is 3.45. The highest BCUT2D eigenvalue weighted by Crippen LogP contribution is 2.17. The fraction of sp³-hybridized carbons (Fsp3) is 0.740. The van der Waals surface area contributed by atoms with Gasteiger partial charge in [-0.1, -0.05) is 304 Å². The molecule has 0 spiro atoms. The lowest BCUT2D eigenvalue weighted by Gasteiger charge is -2.18. The van der Waals surface area contributed by atoms with Gasteiger partial charge in [-0.15, -0.1) is 0 Å². The van der Waals surface area contributed by atoms with E-state index in [1.165, 1.54) is 161 Å². The SMILES string of the molecule is CC/C=C\C/C=C\C/C=C\C/C=C\C/C=C\CCCCCCCC(=O)OC(COC(=O)CCCCCCCCCC/C=C\C/C=C\C/C=C\CCCCCCC)COC(=O)CCCCCCCCCCCCCCCCCCC. The summed E-state index contributed by atoms with van der Waals surface area (Å²) in [5.74, 6) is -0.897. The van der Waals surface area contributed by atoms with Gasteiger partial charge in [-0.05, 0) is 103 Å². The van der Waals surface area contributed by atoms with Gasteiger partial charge in [0.1, 0.15) is 13.2 Å². The Bertz CT molecular complexity index is 1540. The molecule has 0 aliphatic rings. The summed E-state index contributed by atoms with van der Waals surface area (Å²) < 4.78 is 17.0. The van der Waals surface area contributed by atoms with Crippen LogP contribution in [0.4, 0.5) is 0 Å². The van der Waals surface area contributed by atoms with Crippen LogP contribution in [0.1, 0.15) is 329 Å². The minimum Gasteiger partial charge on any atom is -0.462 e. The Morgan fingerprint density at radius 2 is 0.494 bits per heavy atom. The highest BCUT2D eigenvalue weighted by Gasteiger charge is 2.19. The molecule has 0 aliphatic carbocycles. The number of ether oxygens (including phenoxy) is 3. The summed E-state index contributed by atoms with van der Waals surface area (Å²) in [5.41, 5.74) is 0. The van der Waals surface area contributed by atoms with E-state index >= 15 is 0 Å². The number of hydrogen-bond donors (Lipinski definition) is 0. The first kappa shape index (κ1) is 75.3. The molecule has 0 amide bonds. The lowest BCUT2D eigenvalue weighted by Crippen LogP contribution is -2.30. The third-order valence-corrected chi connectivity index (χ3v) is 14.6. The second kappa shape index (κ2) is 66.8. The van der Waals surface area contributed by atoms with Gasteiger partial charge in [-0.2, -0.15) is 0 Å². The molecule has 0 rings (SSSR count). The zero-order valence-corrected chi connectivity index (χ0v) is 52.1. The van der Waals surface area contributed by atoms with Crippen molar-refractivity contribution < 1.29 is 28.6 Å². The highest BCUT2D eigenvalue weighted by molar-refractivity contribution is 5.71. The third kappa shape index (κ3) is 65.0. The summed E-state index contributed by atoms with van der Waals surface area (Å²) in [6.45, 7) is 6.53. The molecule has 1 unspecified atom stereocenters. The Balaban J connectivity index is 4.42. The lowest BCUT2D eigenvalue weighted by atomic mass is 10.0. The minimum atomic E-state index is -0.793. The summed E-state index contributed by atoms with van der Waals surface area (Å²) in [5, 5.41) is 0. The molecule has 0 radical (unpaired) electrons. The van der Waals surface area contributed by atoms with Gasteiger partial charge in [0.25, 0.3) is 0 Å². The van der Waals surface area contributed by atoms with Crippen molar-refractivity contribution in [3.63, 3.8) is 0 Å². The first-order valence-electron chi connectivity index (χ1n) is 33.7. The molecule has 0 aromatic heterocycles. The molecule has 454 valence electrons. The number of carbonyl (C=O) groups is 3. The van der Waals surface area contributed by atoms with Crippen LogP contribution in [0.15, 0.2) is 97.2 Å². The van der Waals surface area contributed by atoms with Crippen LogP contribution in [-0.4, -0.2) is 37.2 Å². The Morgan fingerprint density at radius 1 is 0.266 bits per heavy atom. The molecule has 0 aliphatic heterocycles. The van der Waals surface area contributed by atoms with E-state index in [1.807, 2.05) is 0 Å². The predicted molar refractivity (Wildman–Crippen MR) is 344 cm³/mol. The summed E-state index contributed by atoms with van der Waals surface area (Å²) in [4.78, 5) is 38.4. The Kier molecular flexibility index (Phi) is 63.7. The molecule has 0 aromatic carbocycles. The van der Waals surface area contributed by atoms with E-state index in [0.29, 0.717) is 19.3 Å². The van der Waals surface area contributed by atoms with E-state index in [1.54, 1.807) is 0 Å². The standard InChI is InChI=1S/C73H126O6/c1-4-7-10-13-16-19-22-25-28-31-33-35-36-38-39-42-45-48-51-54-57-60-63-66-72(75)78-69-70(68-77-71(74)65-62-59-56-53-50-47-44-41-30-27-24-21-18-15-12-9-6-3)79-73(76)67-64-61-58-55-52-49-46-43-40-37-34-32-29-26-23-20-17-14-11-8-5-2/h8,11,17,20,22,25-26,29,31,33-34,36-38,43,46,70H,4-7,9-10,12-16,18-19,21,23-24,27-28,30,32,35,39-42,44-45,47-69H2,1-3H3/b11-8-,20-17-,25-22-,29-26-,33-31-,37-34-,38-36-,46-43-. The molecule has 0 bridgehead atoms. The fourth-order valence-electron chi connectivity index (χ4n) is 9.54. The van der Waals surface area contributed by atoms with E-state index < -0.39 is 6.10 Å². The summed E-state index contributed by atoms with van der Waals surface area (Å²) in [7, 11) is 0. The van der Waals surface area contributed by atoms with E-state index in [4.69, 9.17) is 14.2 Å². The topological polar surface area (TPSA) is 78.9 Å². The van der Waals surface area contributed by atoms with Crippen molar-refractivity contribution in [2.45, 2.75) is 335 Å².